The molecular weight excluding hydrogens is 300 g/mol. The first-order chi connectivity index (χ1) is 12.2. The van der Waals surface area contributed by atoms with Gasteiger partial charge in [-0.05, 0) is 70.2 Å². The summed E-state index contributed by atoms with van der Waals surface area (Å²) >= 11 is 0. The van der Waals surface area contributed by atoms with Crippen LogP contribution in [0.5, 0.6) is 0 Å². The highest BCUT2D eigenvalue weighted by atomic mass is 14.1. The van der Waals surface area contributed by atoms with Crippen LogP contribution in [-0.4, -0.2) is 0 Å². The predicted molar refractivity (Wildman–Crippen MR) is 111 cm³/mol. The van der Waals surface area contributed by atoms with Gasteiger partial charge < -0.3 is 0 Å². The van der Waals surface area contributed by atoms with Gasteiger partial charge in [-0.3, -0.25) is 0 Å². The molecule has 0 fully saturated rings. The first kappa shape index (κ1) is 17.7. The van der Waals surface area contributed by atoms with Crippen LogP contribution in [0.25, 0.3) is 21.9 Å². The smallest absolute Gasteiger partial charge is 0.0167 e. The van der Waals surface area contributed by atoms with Crippen LogP contribution in [0.15, 0.2) is 60.7 Å². The summed E-state index contributed by atoms with van der Waals surface area (Å²) in [5.74, 6) is 1.31. The Morgan fingerprint density at radius 2 is 1.16 bits per heavy atom. The number of hydrogen-bond acceptors (Lipinski definition) is 0. The van der Waals surface area contributed by atoms with Gasteiger partial charge in [0.25, 0.3) is 0 Å². The Labute approximate surface area is 152 Å². The van der Waals surface area contributed by atoms with Crippen molar-refractivity contribution < 1.29 is 0 Å². The van der Waals surface area contributed by atoms with E-state index in [9.17, 15) is 0 Å². The second-order valence-corrected chi connectivity index (χ2v) is 7.27. The Kier molecular flexibility index (Phi) is 5.58. The van der Waals surface area contributed by atoms with Gasteiger partial charge in [0.2, 0.25) is 0 Å². The summed E-state index contributed by atoms with van der Waals surface area (Å²) in [4.78, 5) is 0. The fraction of sp³-hybridized carbons (Fsp3) is 0.360. The standard InChI is InChI=1S/C25H30/c1-5-18(4)22-12-13-25-17-23(14-15-24(25)16-22)21-10-8-20(9-11-21)19(6-2)7-3/h8-19H,5-7H2,1-4H3. The maximum absolute atomic E-state index is 2.35. The Morgan fingerprint density at radius 1 is 0.600 bits per heavy atom. The van der Waals surface area contributed by atoms with E-state index < -0.39 is 0 Å². The van der Waals surface area contributed by atoms with Crippen LogP contribution in [0.2, 0.25) is 0 Å². The molecule has 0 aliphatic heterocycles. The molecule has 3 rings (SSSR count). The lowest BCUT2D eigenvalue weighted by Gasteiger charge is -2.14. The molecule has 0 saturated heterocycles. The molecule has 1 unspecified atom stereocenters. The van der Waals surface area contributed by atoms with Crippen LogP contribution in [0.4, 0.5) is 0 Å². The second-order valence-electron chi connectivity index (χ2n) is 7.27. The molecule has 0 aliphatic rings. The van der Waals surface area contributed by atoms with Gasteiger partial charge in [0, 0.05) is 0 Å². The largest absolute Gasteiger partial charge is 0.0648 e. The zero-order valence-electron chi connectivity index (χ0n) is 16.0. The van der Waals surface area contributed by atoms with Crippen molar-refractivity contribution in [3.63, 3.8) is 0 Å². The highest BCUT2D eigenvalue weighted by Gasteiger charge is 2.08. The minimum atomic E-state index is 0.627. The Morgan fingerprint density at radius 3 is 1.80 bits per heavy atom. The molecule has 0 bridgehead atoms. The molecule has 0 amide bonds. The third-order valence-corrected chi connectivity index (χ3v) is 5.75. The van der Waals surface area contributed by atoms with Crippen molar-refractivity contribution in [3.05, 3.63) is 71.8 Å². The topological polar surface area (TPSA) is 0 Å². The highest BCUT2D eigenvalue weighted by Crippen LogP contribution is 2.30. The lowest BCUT2D eigenvalue weighted by atomic mass is 9.91. The van der Waals surface area contributed by atoms with E-state index in [2.05, 4.69) is 88.4 Å². The quantitative estimate of drug-likeness (QED) is 0.430. The third-order valence-electron chi connectivity index (χ3n) is 5.75. The molecule has 0 radical (unpaired) electrons. The van der Waals surface area contributed by atoms with E-state index in [1.165, 1.54) is 52.3 Å². The van der Waals surface area contributed by atoms with Crippen LogP contribution < -0.4 is 0 Å². The van der Waals surface area contributed by atoms with Gasteiger partial charge in [-0.1, -0.05) is 82.3 Å². The van der Waals surface area contributed by atoms with E-state index in [1.54, 1.807) is 0 Å². The van der Waals surface area contributed by atoms with Crippen molar-refractivity contribution >= 4 is 10.8 Å². The number of hydrogen-bond donors (Lipinski definition) is 0. The summed E-state index contributed by atoms with van der Waals surface area (Å²) in [5.41, 5.74) is 5.52. The van der Waals surface area contributed by atoms with Crippen molar-refractivity contribution in [2.45, 2.75) is 58.8 Å². The normalized spacial score (nSPS) is 12.7. The summed E-state index contributed by atoms with van der Waals surface area (Å²) in [6.07, 6.45) is 3.61. The molecule has 0 nitrogen and oxygen atoms in total. The molecule has 25 heavy (non-hydrogen) atoms. The monoisotopic (exact) mass is 330 g/mol. The van der Waals surface area contributed by atoms with E-state index in [0.717, 1.165) is 0 Å². The van der Waals surface area contributed by atoms with Gasteiger partial charge in [0.15, 0.2) is 0 Å². The van der Waals surface area contributed by atoms with E-state index in [-0.39, 0.29) is 0 Å². The van der Waals surface area contributed by atoms with Crippen molar-refractivity contribution in [1.82, 2.24) is 0 Å². The average Bonchev–Trinajstić information content (AvgIpc) is 2.68. The van der Waals surface area contributed by atoms with E-state index >= 15 is 0 Å². The van der Waals surface area contributed by atoms with Crippen molar-refractivity contribution in [1.29, 1.82) is 0 Å². The van der Waals surface area contributed by atoms with Gasteiger partial charge in [-0.15, -0.1) is 0 Å². The fourth-order valence-corrected chi connectivity index (χ4v) is 3.69. The molecule has 130 valence electrons. The number of benzene rings is 3. The number of rotatable bonds is 6. The van der Waals surface area contributed by atoms with Gasteiger partial charge in [0.1, 0.15) is 0 Å². The summed E-state index contributed by atoms with van der Waals surface area (Å²) in [6, 6.07) is 22.9. The molecule has 0 N–H and O–H groups in total. The third kappa shape index (κ3) is 3.79. The van der Waals surface area contributed by atoms with E-state index in [4.69, 9.17) is 0 Å². The Balaban J connectivity index is 1.91. The minimum Gasteiger partial charge on any atom is -0.0648 e. The van der Waals surface area contributed by atoms with Crippen LogP contribution in [-0.2, 0) is 0 Å². The second kappa shape index (κ2) is 7.87. The maximum Gasteiger partial charge on any atom is -0.0167 e. The van der Waals surface area contributed by atoms with E-state index in [0.29, 0.717) is 11.8 Å². The SMILES string of the molecule is CCC(C)c1ccc2cc(-c3ccc(C(CC)CC)cc3)ccc2c1. The molecule has 0 saturated carbocycles. The first-order valence-electron chi connectivity index (χ1n) is 9.80. The molecule has 0 aromatic heterocycles. The maximum atomic E-state index is 2.35. The molecule has 0 spiro atoms. The van der Waals surface area contributed by atoms with Crippen molar-refractivity contribution in [2.75, 3.05) is 0 Å². The molecule has 3 aromatic rings. The first-order valence-corrected chi connectivity index (χ1v) is 9.80. The summed E-state index contributed by atoms with van der Waals surface area (Å²) in [6.45, 7) is 9.11. The van der Waals surface area contributed by atoms with Gasteiger partial charge in [-0.25, -0.2) is 0 Å². The number of fused-ring (bicyclic) bond motifs is 1. The molecule has 0 aliphatic carbocycles. The van der Waals surface area contributed by atoms with Gasteiger partial charge in [-0.2, -0.15) is 0 Å². The van der Waals surface area contributed by atoms with Crippen molar-refractivity contribution in [3.8, 4) is 11.1 Å². The summed E-state index contributed by atoms with van der Waals surface area (Å²) in [7, 11) is 0. The van der Waals surface area contributed by atoms with Crippen LogP contribution in [0.1, 0.15) is 69.9 Å². The fourth-order valence-electron chi connectivity index (χ4n) is 3.69. The molecular formula is C25H30. The Bertz CT molecular complexity index is 822. The summed E-state index contributed by atoms with van der Waals surface area (Å²) < 4.78 is 0. The van der Waals surface area contributed by atoms with Crippen molar-refractivity contribution in [2.24, 2.45) is 0 Å². The minimum absolute atomic E-state index is 0.627. The summed E-state index contributed by atoms with van der Waals surface area (Å²) in [5, 5.41) is 2.67. The van der Waals surface area contributed by atoms with Gasteiger partial charge in [0.05, 0.1) is 0 Å². The zero-order valence-corrected chi connectivity index (χ0v) is 16.0. The molecule has 1 atom stereocenters. The van der Waals surface area contributed by atoms with E-state index in [1.807, 2.05) is 0 Å². The zero-order chi connectivity index (χ0) is 17.8. The lowest BCUT2D eigenvalue weighted by Crippen LogP contribution is -1.94. The van der Waals surface area contributed by atoms with Crippen LogP contribution in [0, 0.1) is 0 Å². The van der Waals surface area contributed by atoms with Gasteiger partial charge >= 0.3 is 0 Å². The van der Waals surface area contributed by atoms with Crippen LogP contribution in [0.3, 0.4) is 0 Å². The lowest BCUT2D eigenvalue weighted by molar-refractivity contribution is 0.642. The Hall–Kier alpha value is -2.08. The predicted octanol–water partition coefficient (Wildman–Crippen LogP) is 7.92. The molecule has 0 heterocycles. The molecule has 0 heteroatoms. The highest BCUT2D eigenvalue weighted by molar-refractivity contribution is 5.88. The van der Waals surface area contributed by atoms with Crippen LogP contribution >= 0.6 is 0 Å². The molecule has 3 aromatic carbocycles. The average molecular weight is 331 g/mol.